The van der Waals surface area contributed by atoms with Crippen molar-refractivity contribution >= 4 is 6.21 Å². The molecule has 0 spiro atoms. The van der Waals surface area contributed by atoms with Gasteiger partial charge in [0.15, 0.2) is 11.5 Å². The summed E-state index contributed by atoms with van der Waals surface area (Å²) in [6.07, 6.45) is 4.62. The number of hydrogen-bond donors (Lipinski definition) is 0. The van der Waals surface area contributed by atoms with Crippen LogP contribution in [0.4, 0.5) is 0 Å². The number of aromatic nitrogens is 3. The predicted octanol–water partition coefficient (Wildman–Crippen LogP) is 0.889. The van der Waals surface area contributed by atoms with Gasteiger partial charge in [0.2, 0.25) is 6.79 Å². The topological polar surface area (TPSA) is 61.5 Å². The molecule has 1 aliphatic heterocycles. The largest absolute Gasteiger partial charge is 0.454 e. The van der Waals surface area contributed by atoms with Gasteiger partial charge in [0.05, 0.1) is 6.21 Å². The van der Waals surface area contributed by atoms with Gasteiger partial charge in [0, 0.05) is 0 Å². The molecule has 6 heteroatoms. The maximum atomic E-state index is 5.26. The van der Waals surface area contributed by atoms with Crippen molar-refractivity contribution in [1.29, 1.82) is 0 Å². The monoisotopic (exact) mass is 216 g/mol. The van der Waals surface area contributed by atoms with Crippen LogP contribution in [-0.2, 0) is 0 Å². The fourth-order valence-electron chi connectivity index (χ4n) is 1.38. The highest BCUT2D eigenvalue weighted by molar-refractivity contribution is 5.80. The summed E-state index contributed by atoms with van der Waals surface area (Å²) >= 11 is 0. The van der Waals surface area contributed by atoms with E-state index < -0.39 is 0 Å². The lowest BCUT2D eigenvalue weighted by Crippen LogP contribution is -1.93. The van der Waals surface area contributed by atoms with Gasteiger partial charge in [-0.05, 0) is 23.8 Å². The molecule has 0 radical (unpaired) electrons. The van der Waals surface area contributed by atoms with Crippen molar-refractivity contribution in [2.75, 3.05) is 6.79 Å². The Hall–Kier alpha value is -2.37. The zero-order valence-electron chi connectivity index (χ0n) is 8.28. The van der Waals surface area contributed by atoms with Crippen LogP contribution in [0.2, 0.25) is 0 Å². The quantitative estimate of drug-likeness (QED) is 0.699. The van der Waals surface area contributed by atoms with E-state index in [0.29, 0.717) is 0 Å². The Morgan fingerprint density at radius 3 is 3.12 bits per heavy atom. The summed E-state index contributed by atoms with van der Waals surface area (Å²) in [5.74, 6) is 1.50. The molecule has 16 heavy (non-hydrogen) atoms. The first kappa shape index (κ1) is 8.90. The van der Waals surface area contributed by atoms with Gasteiger partial charge in [-0.3, -0.25) is 0 Å². The van der Waals surface area contributed by atoms with Gasteiger partial charge in [0.25, 0.3) is 0 Å². The standard InChI is InChI=1S/C10H8N4O2/c1-2-9-10(16-7-15-9)3-8(1)4-12-14-6-11-5-13-14/h1-6H,7H2/b12-4-. The maximum Gasteiger partial charge on any atom is 0.231 e. The number of ether oxygens (including phenoxy) is 2. The number of fused-ring (bicyclic) bond motifs is 1. The van der Waals surface area contributed by atoms with Crippen molar-refractivity contribution < 1.29 is 9.47 Å². The van der Waals surface area contributed by atoms with Crippen LogP contribution in [-0.4, -0.2) is 27.9 Å². The average Bonchev–Trinajstić information content (AvgIpc) is 2.97. The number of nitrogens with zero attached hydrogens (tertiary/aromatic N) is 4. The molecule has 0 saturated carbocycles. The van der Waals surface area contributed by atoms with Crippen LogP contribution < -0.4 is 9.47 Å². The third kappa shape index (κ3) is 1.60. The first-order chi connectivity index (χ1) is 7.92. The van der Waals surface area contributed by atoms with E-state index in [9.17, 15) is 0 Å². The summed E-state index contributed by atoms with van der Waals surface area (Å²) in [6, 6.07) is 5.61. The molecule has 2 heterocycles. The number of hydrogen-bond acceptors (Lipinski definition) is 5. The summed E-state index contributed by atoms with van der Waals surface area (Å²) in [6.45, 7) is 0.277. The van der Waals surface area contributed by atoms with E-state index in [0.717, 1.165) is 17.1 Å². The summed E-state index contributed by atoms with van der Waals surface area (Å²) in [7, 11) is 0. The van der Waals surface area contributed by atoms with E-state index in [1.54, 1.807) is 6.21 Å². The minimum absolute atomic E-state index is 0.277. The first-order valence-electron chi connectivity index (χ1n) is 4.70. The molecule has 1 aromatic carbocycles. The van der Waals surface area contributed by atoms with Gasteiger partial charge >= 0.3 is 0 Å². The first-order valence-corrected chi connectivity index (χ1v) is 4.70. The van der Waals surface area contributed by atoms with Crippen LogP contribution >= 0.6 is 0 Å². The smallest absolute Gasteiger partial charge is 0.231 e. The molecule has 0 N–H and O–H groups in total. The number of rotatable bonds is 2. The van der Waals surface area contributed by atoms with Gasteiger partial charge in [0.1, 0.15) is 12.7 Å². The molecule has 6 nitrogen and oxygen atoms in total. The second-order valence-electron chi connectivity index (χ2n) is 3.17. The second kappa shape index (κ2) is 3.65. The van der Waals surface area contributed by atoms with E-state index in [-0.39, 0.29) is 6.79 Å². The fraction of sp³-hybridized carbons (Fsp3) is 0.100. The minimum Gasteiger partial charge on any atom is -0.454 e. The molecule has 0 saturated heterocycles. The van der Waals surface area contributed by atoms with Crippen molar-refractivity contribution in [3.8, 4) is 11.5 Å². The zero-order valence-corrected chi connectivity index (χ0v) is 8.28. The van der Waals surface area contributed by atoms with Crippen LogP contribution in [0.15, 0.2) is 36.0 Å². The Morgan fingerprint density at radius 2 is 2.25 bits per heavy atom. The van der Waals surface area contributed by atoms with E-state index in [4.69, 9.17) is 9.47 Å². The van der Waals surface area contributed by atoms with Crippen molar-refractivity contribution in [3.63, 3.8) is 0 Å². The van der Waals surface area contributed by atoms with Crippen molar-refractivity contribution in [2.24, 2.45) is 5.10 Å². The summed E-state index contributed by atoms with van der Waals surface area (Å²) < 4.78 is 10.5. The van der Waals surface area contributed by atoms with Crippen LogP contribution in [0, 0.1) is 0 Å². The van der Waals surface area contributed by atoms with Crippen LogP contribution in [0.5, 0.6) is 11.5 Å². The van der Waals surface area contributed by atoms with Gasteiger partial charge in [-0.15, -0.1) is 9.89 Å². The maximum absolute atomic E-state index is 5.26. The summed E-state index contributed by atoms with van der Waals surface area (Å²) in [5.41, 5.74) is 0.916. The van der Waals surface area contributed by atoms with Crippen molar-refractivity contribution in [3.05, 3.63) is 36.4 Å². The molecule has 0 unspecified atom stereocenters. The molecule has 1 aromatic heterocycles. The van der Waals surface area contributed by atoms with Gasteiger partial charge < -0.3 is 9.47 Å². The third-order valence-electron chi connectivity index (χ3n) is 2.13. The molecule has 0 aliphatic carbocycles. The van der Waals surface area contributed by atoms with Crippen molar-refractivity contribution in [2.45, 2.75) is 0 Å². The molecule has 80 valence electrons. The van der Waals surface area contributed by atoms with E-state index in [1.165, 1.54) is 17.4 Å². The lowest BCUT2D eigenvalue weighted by molar-refractivity contribution is 0.174. The minimum atomic E-state index is 0.277. The molecule has 0 bridgehead atoms. The average molecular weight is 216 g/mol. The Kier molecular flexibility index (Phi) is 2.03. The Morgan fingerprint density at radius 1 is 1.31 bits per heavy atom. The SMILES string of the molecule is C(=N/n1cncn1)/c1ccc2c(c1)OCO2. The normalized spacial score (nSPS) is 13.5. The fourth-order valence-corrected chi connectivity index (χ4v) is 1.38. The Labute approximate surface area is 91.1 Å². The number of benzene rings is 1. The van der Waals surface area contributed by atoms with Gasteiger partial charge in [-0.1, -0.05) is 0 Å². The zero-order chi connectivity index (χ0) is 10.8. The highest BCUT2D eigenvalue weighted by Gasteiger charge is 2.12. The molecular formula is C10H8N4O2. The van der Waals surface area contributed by atoms with Crippen molar-refractivity contribution in [1.82, 2.24) is 14.9 Å². The molecule has 0 fully saturated rings. The predicted molar refractivity (Wildman–Crippen MR) is 55.6 cm³/mol. The third-order valence-corrected chi connectivity index (χ3v) is 2.13. The molecule has 0 atom stereocenters. The van der Waals surface area contributed by atoms with Crippen LogP contribution in [0.25, 0.3) is 0 Å². The van der Waals surface area contributed by atoms with Crippen LogP contribution in [0.1, 0.15) is 5.56 Å². The Balaban J connectivity index is 1.85. The second-order valence-corrected chi connectivity index (χ2v) is 3.17. The summed E-state index contributed by atoms with van der Waals surface area (Å²) in [5, 5.41) is 7.94. The lowest BCUT2D eigenvalue weighted by Gasteiger charge is -1.96. The van der Waals surface area contributed by atoms with Crippen LogP contribution in [0.3, 0.4) is 0 Å². The highest BCUT2D eigenvalue weighted by Crippen LogP contribution is 2.31. The van der Waals surface area contributed by atoms with E-state index >= 15 is 0 Å². The van der Waals surface area contributed by atoms with Gasteiger partial charge in [-0.2, -0.15) is 5.10 Å². The van der Waals surface area contributed by atoms with Gasteiger partial charge in [-0.25, -0.2) is 4.98 Å². The Bertz CT molecular complexity index is 522. The lowest BCUT2D eigenvalue weighted by atomic mass is 10.2. The molecular weight excluding hydrogens is 208 g/mol. The molecule has 0 amide bonds. The molecule has 2 aromatic rings. The van der Waals surface area contributed by atoms with E-state index in [2.05, 4.69) is 15.2 Å². The highest BCUT2D eigenvalue weighted by atomic mass is 16.7. The van der Waals surface area contributed by atoms with E-state index in [1.807, 2.05) is 18.2 Å². The summed E-state index contributed by atoms with van der Waals surface area (Å²) in [4.78, 5) is 5.17. The molecule has 1 aliphatic rings. The molecule has 3 rings (SSSR count).